The van der Waals surface area contributed by atoms with E-state index in [-0.39, 0.29) is 11.6 Å². The quantitative estimate of drug-likeness (QED) is 0.820. The lowest BCUT2D eigenvalue weighted by Gasteiger charge is -2.12. The molecule has 2 atom stereocenters. The minimum atomic E-state index is -1.00. The van der Waals surface area contributed by atoms with E-state index in [1.807, 2.05) is 0 Å². The lowest BCUT2D eigenvalue weighted by Crippen LogP contribution is -2.36. The highest BCUT2D eigenvalue weighted by molar-refractivity contribution is 7.84. The van der Waals surface area contributed by atoms with Crippen molar-refractivity contribution >= 4 is 29.3 Å². The van der Waals surface area contributed by atoms with Crippen LogP contribution in [0.3, 0.4) is 0 Å². The van der Waals surface area contributed by atoms with Crippen molar-refractivity contribution in [3.05, 3.63) is 29.6 Å². The number of carbonyl (C=O) groups is 1. The van der Waals surface area contributed by atoms with Gasteiger partial charge in [-0.2, -0.15) is 0 Å². The van der Waals surface area contributed by atoms with Gasteiger partial charge in [0, 0.05) is 33.7 Å². The Balaban J connectivity index is 2.76. The summed E-state index contributed by atoms with van der Waals surface area (Å²) in [5, 5.41) is 2.59. The Morgan fingerprint density at radius 2 is 2.24 bits per heavy atom. The maximum absolute atomic E-state index is 13.4. The number of halogens is 1. The Hall–Kier alpha value is -0.880. The average molecular weight is 275 g/mol. The number of carbonyl (C=O) groups excluding carboxylic acids is 1. The van der Waals surface area contributed by atoms with E-state index in [0.717, 1.165) is 0 Å². The first kappa shape index (κ1) is 14.2. The molecule has 0 aliphatic rings. The van der Waals surface area contributed by atoms with E-state index in [2.05, 4.69) is 17.9 Å². The summed E-state index contributed by atoms with van der Waals surface area (Å²) >= 11 is 4.05. The SMILES string of the molecule is CC(CS(C)=O)NC(=O)c1cc(S)ccc1F. The summed E-state index contributed by atoms with van der Waals surface area (Å²) in [6.45, 7) is 1.72. The molecule has 0 fully saturated rings. The van der Waals surface area contributed by atoms with E-state index < -0.39 is 22.5 Å². The van der Waals surface area contributed by atoms with Crippen LogP contribution in [0.25, 0.3) is 0 Å². The Kier molecular flexibility index (Phi) is 5.14. The van der Waals surface area contributed by atoms with E-state index in [9.17, 15) is 13.4 Å². The van der Waals surface area contributed by atoms with E-state index in [1.165, 1.54) is 18.2 Å². The van der Waals surface area contributed by atoms with Gasteiger partial charge in [-0.15, -0.1) is 12.6 Å². The Labute approximate surface area is 108 Å². The molecule has 0 spiro atoms. The number of amides is 1. The third-order valence-corrected chi connectivity index (χ3v) is 3.30. The topological polar surface area (TPSA) is 46.2 Å². The lowest BCUT2D eigenvalue weighted by molar-refractivity contribution is 0.0939. The number of hydrogen-bond donors (Lipinski definition) is 2. The minimum Gasteiger partial charge on any atom is -0.349 e. The molecule has 3 nitrogen and oxygen atoms in total. The van der Waals surface area contributed by atoms with Gasteiger partial charge in [-0.05, 0) is 25.1 Å². The Bertz CT molecular complexity index is 451. The van der Waals surface area contributed by atoms with Crippen LogP contribution in [0.2, 0.25) is 0 Å². The Morgan fingerprint density at radius 1 is 1.59 bits per heavy atom. The summed E-state index contributed by atoms with van der Waals surface area (Å²) < 4.78 is 24.3. The highest BCUT2D eigenvalue weighted by atomic mass is 32.2. The van der Waals surface area contributed by atoms with Crippen LogP contribution in [0, 0.1) is 5.82 Å². The van der Waals surface area contributed by atoms with Crippen molar-refractivity contribution in [2.75, 3.05) is 12.0 Å². The van der Waals surface area contributed by atoms with E-state index >= 15 is 0 Å². The van der Waals surface area contributed by atoms with Crippen molar-refractivity contribution in [2.24, 2.45) is 0 Å². The molecule has 0 aromatic heterocycles. The minimum absolute atomic E-state index is 0.0498. The average Bonchev–Trinajstić information content (AvgIpc) is 2.20. The van der Waals surface area contributed by atoms with Crippen molar-refractivity contribution in [3.63, 3.8) is 0 Å². The number of rotatable bonds is 4. The monoisotopic (exact) mass is 275 g/mol. The molecular formula is C11H14FNO2S2. The maximum Gasteiger partial charge on any atom is 0.254 e. The van der Waals surface area contributed by atoms with Gasteiger partial charge in [-0.1, -0.05) is 0 Å². The van der Waals surface area contributed by atoms with Gasteiger partial charge in [0.1, 0.15) is 5.82 Å². The molecule has 94 valence electrons. The van der Waals surface area contributed by atoms with E-state index in [1.54, 1.807) is 13.2 Å². The molecule has 1 aromatic carbocycles. The highest BCUT2D eigenvalue weighted by Gasteiger charge is 2.14. The molecule has 0 aliphatic carbocycles. The second-order valence-corrected chi connectivity index (χ2v) is 5.77. The molecule has 0 saturated heterocycles. The Morgan fingerprint density at radius 3 is 2.82 bits per heavy atom. The third kappa shape index (κ3) is 4.47. The van der Waals surface area contributed by atoms with E-state index in [4.69, 9.17) is 0 Å². The summed E-state index contributed by atoms with van der Waals surface area (Å²) in [5.41, 5.74) is -0.0498. The first-order valence-electron chi connectivity index (χ1n) is 4.99. The predicted octanol–water partition coefficient (Wildman–Crippen LogP) is 1.61. The van der Waals surface area contributed by atoms with Crippen molar-refractivity contribution < 1.29 is 13.4 Å². The van der Waals surface area contributed by atoms with Gasteiger partial charge in [0.05, 0.1) is 5.56 Å². The predicted molar refractivity (Wildman–Crippen MR) is 69.5 cm³/mol. The third-order valence-electron chi connectivity index (χ3n) is 2.06. The molecule has 0 bridgehead atoms. The van der Waals surface area contributed by atoms with Crippen LogP contribution in [-0.4, -0.2) is 28.2 Å². The van der Waals surface area contributed by atoms with Gasteiger partial charge in [-0.25, -0.2) is 4.39 Å². The lowest BCUT2D eigenvalue weighted by atomic mass is 10.2. The van der Waals surface area contributed by atoms with Gasteiger partial charge in [0.25, 0.3) is 5.91 Å². The zero-order valence-electron chi connectivity index (χ0n) is 9.57. The highest BCUT2D eigenvalue weighted by Crippen LogP contribution is 2.13. The van der Waals surface area contributed by atoms with Crippen molar-refractivity contribution in [3.8, 4) is 0 Å². The fourth-order valence-electron chi connectivity index (χ4n) is 1.38. The summed E-state index contributed by atoms with van der Waals surface area (Å²) in [6.07, 6.45) is 1.55. The number of thiol groups is 1. The molecule has 1 rings (SSSR count). The summed E-state index contributed by atoms with van der Waals surface area (Å²) in [5.74, 6) is -0.769. The second-order valence-electron chi connectivity index (χ2n) is 3.78. The molecule has 1 aromatic rings. The van der Waals surface area contributed by atoms with Gasteiger partial charge >= 0.3 is 0 Å². The molecule has 6 heteroatoms. The van der Waals surface area contributed by atoms with Crippen molar-refractivity contribution in [1.29, 1.82) is 0 Å². The largest absolute Gasteiger partial charge is 0.349 e. The maximum atomic E-state index is 13.4. The first-order chi connectivity index (χ1) is 7.90. The van der Waals surface area contributed by atoms with Crippen LogP contribution in [-0.2, 0) is 10.8 Å². The fraction of sp³-hybridized carbons (Fsp3) is 0.364. The van der Waals surface area contributed by atoms with Gasteiger partial charge in [0.2, 0.25) is 0 Å². The fourth-order valence-corrected chi connectivity index (χ4v) is 2.37. The molecule has 0 radical (unpaired) electrons. The molecule has 17 heavy (non-hydrogen) atoms. The summed E-state index contributed by atoms with van der Waals surface area (Å²) in [6, 6.07) is 3.76. The molecule has 0 heterocycles. The van der Waals surface area contributed by atoms with Gasteiger partial charge < -0.3 is 5.32 Å². The molecule has 0 saturated carbocycles. The van der Waals surface area contributed by atoms with E-state index in [0.29, 0.717) is 10.6 Å². The number of benzene rings is 1. The molecule has 2 unspecified atom stereocenters. The smallest absolute Gasteiger partial charge is 0.254 e. The zero-order chi connectivity index (χ0) is 13.0. The standard InChI is InChI=1S/C11H14FNO2S2/c1-7(6-17(2)15)13-11(14)9-5-8(16)3-4-10(9)12/h3-5,7,16H,6H2,1-2H3,(H,13,14). The van der Waals surface area contributed by atoms with Crippen molar-refractivity contribution in [2.45, 2.75) is 17.9 Å². The van der Waals surface area contributed by atoms with Crippen LogP contribution in [0.4, 0.5) is 4.39 Å². The van der Waals surface area contributed by atoms with Crippen LogP contribution < -0.4 is 5.32 Å². The first-order valence-corrected chi connectivity index (χ1v) is 7.17. The molecule has 1 N–H and O–H groups in total. The molecule has 1 amide bonds. The van der Waals surface area contributed by atoms with Gasteiger partial charge in [-0.3, -0.25) is 9.00 Å². The second kappa shape index (κ2) is 6.16. The van der Waals surface area contributed by atoms with Crippen LogP contribution >= 0.6 is 12.6 Å². The normalized spacial score (nSPS) is 14.1. The number of nitrogens with one attached hydrogen (secondary N) is 1. The van der Waals surface area contributed by atoms with Crippen LogP contribution in [0.15, 0.2) is 23.1 Å². The van der Waals surface area contributed by atoms with Crippen molar-refractivity contribution in [1.82, 2.24) is 5.32 Å². The molecule has 0 aliphatic heterocycles. The summed E-state index contributed by atoms with van der Waals surface area (Å²) in [7, 11) is -1.00. The molecular weight excluding hydrogens is 261 g/mol. The number of hydrogen-bond acceptors (Lipinski definition) is 3. The van der Waals surface area contributed by atoms with Crippen LogP contribution in [0.1, 0.15) is 17.3 Å². The zero-order valence-corrected chi connectivity index (χ0v) is 11.3. The van der Waals surface area contributed by atoms with Gasteiger partial charge in [0.15, 0.2) is 0 Å². The van der Waals surface area contributed by atoms with Crippen LogP contribution in [0.5, 0.6) is 0 Å². The summed E-state index contributed by atoms with van der Waals surface area (Å²) in [4.78, 5) is 12.2.